The summed E-state index contributed by atoms with van der Waals surface area (Å²) < 4.78 is 18.6. The minimum atomic E-state index is -0.323. The molecule has 0 bridgehead atoms. The highest BCUT2D eigenvalue weighted by Gasteiger charge is 2.23. The summed E-state index contributed by atoms with van der Waals surface area (Å²) in [4.78, 5) is 21.2. The highest BCUT2D eigenvalue weighted by molar-refractivity contribution is 5.89. The van der Waals surface area contributed by atoms with E-state index in [4.69, 9.17) is 4.52 Å². The summed E-state index contributed by atoms with van der Waals surface area (Å²) >= 11 is 0. The molecular formula is C25H28FN5O2. The molecule has 0 unspecified atom stereocenters. The maximum Gasteiger partial charge on any atom is 0.321 e. The minimum absolute atomic E-state index is 0.164. The average molecular weight is 450 g/mol. The summed E-state index contributed by atoms with van der Waals surface area (Å²) in [5.74, 6) is 1.49. The van der Waals surface area contributed by atoms with Crippen molar-refractivity contribution in [3.63, 3.8) is 0 Å². The first-order valence-electron chi connectivity index (χ1n) is 11.7. The smallest absolute Gasteiger partial charge is 0.321 e. The summed E-state index contributed by atoms with van der Waals surface area (Å²) in [5.41, 5.74) is 2.64. The van der Waals surface area contributed by atoms with Crippen molar-refractivity contribution in [1.82, 2.24) is 15.0 Å². The van der Waals surface area contributed by atoms with E-state index in [1.807, 2.05) is 12.1 Å². The topological polar surface area (TPSA) is 74.5 Å². The SMILES string of the molecule is O=C(Nc1ccc(F)cc1)N1CCN(c2ccc(-c3noc(C4CCCCC4)n3)cc2)CC1. The largest absolute Gasteiger partial charge is 0.368 e. The standard InChI is InChI=1S/C25H28FN5O2/c26-20-8-10-21(11-9-20)27-25(32)31-16-14-30(15-17-31)22-12-6-18(7-13-22)23-28-24(33-29-23)19-4-2-1-3-5-19/h6-13,19H,1-5,14-17H2,(H,27,32). The van der Waals surface area contributed by atoms with Gasteiger partial charge in [0.05, 0.1) is 0 Å². The number of rotatable bonds is 4. The average Bonchev–Trinajstić information content (AvgIpc) is 3.37. The molecule has 1 saturated heterocycles. The zero-order valence-corrected chi connectivity index (χ0v) is 18.5. The highest BCUT2D eigenvalue weighted by Crippen LogP contribution is 2.32. The summed E-state index contributed by atoms with van der Waals surface area (Å²) in [5, 5.41) is 7.02. The molecule has 0 spiro atoms. The van der Waals surface area contributed by atoms with Gasteiger partial charge >= 0.3 is 6.03 Å². The second kappa shape index (κ2) is 9.60. The van der Waals surface area contributed by atoms with Crippen LogP contribution in [0.15, 0.2) is 53.1 Å². The Kier molecular flexibility index (Phi) is 6.24. The van der Waals surface area contributed by atoms with E-state index in [2.05, 4.69) is 32.5 Å². The molecule has 1 aromatic heterocycles. The first-order valence-corrected chi connectivity index (χ1v) is 11.7. The number of carbonyl (C=O) groups is 1. The van der Waals surface area contributed by atoms with Gasteiger partial charge in [-0.3, -0.25) is 0 Å². The fourth-order valence-electron chi connectivity index (χ4n) is 4.59. The van der Waals surface area contributed by atoms with Crippen LogP contribution in [0.25, 0.3) is 11.4 Å². The van der Waals surface area contributed by atoms with Crippen molar-refractivity contribution in [2.45, 2.75) is 38.0 Å². The molecule has 1 saturated carbocycles. The van der Waals surface area contributed by atoms with Gasteiger partial charge in [0.25, 0.3) is 0 Å². The summed E-state index contributed by atoms with van der Waals surface area (Å²) in [6, 6.07) is 13.8. The molecule has 3 aromatic rings. The lowest BCUT2D eigenvalue weighted by Gasteiger charge is -2.36. The normalized spacial score (nSPS) is 17.2. The third-order valence-electron chi connectivity index (χ3n) is 6.55. The van der Waals surface area contributed by atoms with E-state index >= 15 is 0 Å². The maximum absolute atomic E-state index is 13.0. The molecule has 7 nitrogen and oxygen atoms in total. The molecule has 1 N–H and O–H groups in total. The van der Waals surface area contributed by atoms with Crippen LogP contribution in [0.3, 0.4) is 0 Å². The van der Waals surface area contributed by atoms with E-state index < -0.39 is 0 Å². The molecule has 2 aliphatic rings. The first-order chi connectivity index (χ1) is 16.2. The van der Waals surface area contributed by atoms with Crippen LogP contribution >= 0.6 is 0 Å². The van der Waals surface area contributed by atoms with Crippen molar-refractivity contribution in [3.8, 4) is 11.4 Å². The van der Waals surface area contributed by atoms with Crippen molar-refractivity contribution >= 4 is 17.4 Å². The number of piperazine rings is 1. The van der Waals surface area contributed by atoms with Crippen LogP contribution in [-0.2, 0) is 0 Å². The third kappa shape index (κ3) is 4.99. The lowest BCUT2D eigenvalue weighted by atomic mass is 9.89. The van der Waals surface area contributed by atoms with Crippen LogP contribution in [0.2, 0.25) is 0 Å². The second-order valence-corrected chi connectivity index (χ2v) is 8.75. The van der Waals surface area contributed by atoms with Gasteiger partial charge in [-0.1, -0.05) is 24.4 Å². The minimum Gasteiger partial charge on any atom is -0.368 e. The van der Waals surface area contributed by atoms with Gasteiger partial charge in [0.15, 0.2) is 0 Å². The van der Waals surface area contributed by atoms with Crippen LogP contribution in [0.5, 0.6) is 0 Å². The number of halogens is 1. The molecule has 172 valence electrons. The molecule has 0 radical (unpaired) electrons. The van der Waals surface area contributed by atoms with E-state index in [9.17, 15) is 9.18 Å². The predicted molar refractivity (Wildman–Crippen MR) is 125 cm³/mol. The predicted octanol–water partition coefficient (Wildman–Crippen LogP) is 5.28. The van der Waals surface area contributed by atoms with Crippen LogP contribution in [0.4, 0.5) is 20.6 Å². The van der Waals surface area contributed by atoms with E-state index in [1.165, 1.54) is 31.4 Å². The molecule has 1 aliphatic carbocycles. The van der Waals surface area contributed by atoms with Crippen LogP contribution in [0, 0.1) is 5.82 Å². The number of nitrogens with zero attached hydrogens (tertiary/aromatic N) is 4. The van der Waals surface area contributed by atoms with Crippen molar-refractivity contribution < 1.29 is 13.7 Å². The van der Waals surface area contributed by atoms with Crippen molar-refractivity contribution in [2.75, 3.05) is 36.4 Å². The molecule has 33 heavy (non-hydrogen) atoms. The Morgan fingerprint density at radius 2 is 1.64 bits per heavy atom. The number of anilines is 2. The van der Waals surface area contributed by atoms with Crippen molar-refractivity contribution in [3.05, 3.63) is 60.2 Å². The Hall–Kier alpha value is -3.42. The fourth-order valence-corrected chi connectivity index (χ4v) is 4.59. The van der Waals surface area contributed by atoms with Gasteiger partial charge in [-0.05, 0) is 61.4 Å². The number of hydrogen-bond donors (Lipinski definition) is 1. The number of amides is 2. The van der Waals surface area contributed by atoms with Crippen LogP contribution in [-0.4, -0.2) is 47.3 Å². The molecule has 1 aliphatic heterocycles. The first kappa shape index (κ1) is 21.4. The zero-order chi connectivity index (χ0) is 22.6. The fraction of sp³-hybridized carbons (Fsp3) is 0.400. The maximum atomic E-state index is 13.0. The van der Waals surface area contributed by atoms with Gasteiger partial charge in [0, 0.05) is 49.0 Å². The molecule has 2 aromatic carbocycles. The van der Waals surface area contributed by atoms with Crippen LogP contribution in [0.1, 0.15) is 43.9 Å². The number of hydrogen-bond acceptors (Lipinski definition) is 5. The molecule has 0 atom stereocenters. The van der Waals surface area contributed by atoms with E-state index in [1.54, 1.807) is 17.0 Å². The number of benzene rings is 2. The zero-order valence-electron chi connectivity index (χ0n) is 18.5. The van der Waals surface area contributed by atoms with Crippen molar-refractivity contribution in [2.24, 2.45) is 0 Å². The Balaban J connectivity index is 1.16. The lowest BCUT2D eigenvalue weighted by molar-refractivity contribution is 0.208. The van der Waals surface area contributed by atoms with Gasteiger partial charge < -0.3 is 19.6 Å². The molecular weight excluding hydrogens is 421 g/mol. The molecule has 8 heteroatoms. The van der Waals surface area contributed by atoms with E-state index in [-0.39, 0.29) is 11.8 Å². The van der Waals surface area contributed by atoms with Gasteiger partial charge in [-0.15, -0.1) is 0 Å². The monoisotopic (exact) mass is 449 g/mol. The second-order valence-electron chi connectivity index (χ2n) is 8.75. The summed E-state index contributed by atoms with van der Waals surface area (Å²) in [7, 11) is 0. The van der Waals surface area contributed by atoms with Crippen molar-refractivity contribution in [1.29, 1.82) is 0 Å². The molecule has 2 heterocycles. The Bertz CT molecular complexity index is 1070. The quantitative estimate of drug-likeness (QED) is 0.587. The molecule has 2 amide bonds. The summed E-state index contributed by atoms with van der Waals surface area (Å²) in [6.45, 7) is 2.71. The summed E-state index contributed by atoms with van der Waals surface area (Å²) in [6.07, 6.45) is 6.03. The Morgan fingerprint density at radius 1 is 0.939 bits per heavy atom. The van der Waals surface area contributed by atoms with Gasteiger partial charge in [0.2, 0.25) is 11.7 Å². The van der Waals surface area contributed by atoms with E-state index in [0.29, 0.717) is 30.5 Å². The Morgan fingerprint density at radius 3 is 2.33 bits per heavy atom. The van der Waals surface area contributed by atoms with Gasteiger partial charge in [-0.2, -0.15) is 4.98 Å². The number of carbonyl (C=O) groups excluding carboxylic acids is 1. The number of aromatic nitrogens is 2. The highest BCUT2D eigenvalue weighted by atomic mass is 19.1. The Labute approximate surface area is 192 Å². The molecule has 2 fully saturated rings. The van der Waals surface area contributed by atoms with E-state index in [0.717, 1.165) is 43.1 Å². The lowest BCUT2D eigenvalue weighted by Crippen LogP contribution is -2.50. The third-order valence-corrected chi connectivity index (χ3v) is 6.55. The van der Waals surface area contributed by atoms with Gasteiger partial charge in [0.1, 0.15) is 5.82 Å². The number of urea groups is 1. The number of nitrogens with one attached hydrogen (secondary N) is 1. The molecule has 5 rings (SSSR count). The van der Waals surface area contributed by atoms with Gasteiger partial charge in [-0.25, -0.2) is 9.18 Å². The van der Waals surface area contributed by atoms with Crippen LogP contribution < -0.4 is 10.2 Å².